The standard InChI is InChI=1S/C15H19NO/c1-4-12(5-2)16-10-11(3)13-8-6-7-9-14(13)15(16)17/h4-5,10H,1,6-9H2,2-3H3. The molecule has 0 radical (unpaired) electrons. The van der Waals surface area contributed by atoms with Crippen LogP contribution in [0.5, 0.6) is 0 Å². The molecule has 1 aliphatic rings. The van der Waals surface area contributed by atoms with Crippen molar-refractivity contribution in [2.24, 2.45) is 0 Å². The number of nitrogens with zero attached hydrogens (tertiary/aromatic N) is 1. The molecule has 1 aromatic heterocycles. The average Bonchev–Trinajstić information content (AvgIpc) is 2.37. The molecule has 0 spiro atoms. The van der Waals surface area contributed by atoms with E-state index in [0.29, 0.717) is 0 Å². The molecule has 0 aliphatic heterocycles. The van der Waals surface area contributed by atoms with Crippen molar-refractivity contribution in [3.8, 4) is 0 Å². The van der Waals surface area contributed by atoms with Gasteiger partial charge in [-0.15, -0.1) is 0 Å². The van der Waals surface area contributed by atoms with Gasteiger partial charge in [0.05, 0.1) is 0 Å². The third kappa shape index (κ3) is 1.99. The van der Waals surface area contributed by atoms with Gasteiger partial charge in [0, 0.05) is 17.5 Å². The maximum Gasteiger partial charge on any atom is 0.258 e. The molecule has 0 aromatic carbocycles. The van der Waals surface area contributed by atoms with Gasteiger partial charge >= 0.3 is 0 Å². The predicted molar refractivity (Wildman–Crippen MR) is 72.2 cm³/mol. The molecule has 1 aliphatic carbocycles. The normalized spacial score (nSPS) is 15.5. The largest absolute Gasteiger partial charge is 0.284 e. The van der Waals surface area contributed by atoms with E-state index in [1.54, 1.807) is 10.6 Å². The van der Waals surface area contributed by atoms with Gasteiger partial charge in [0.2, 0.25) is 0 Å². The minimum absolute atomic E-state index is 0.137. The monoisotopic (exact) mass is 229 g/mol. The predicted octanol–water partition coefficient (Wildman–Crippen LogP) is 3.08. The smallest absolute Gasteiger partial charge is 0.258 e. The van der Waals surface area contributed by atoms with Crippen molar-refractivity contribution in [2.45, 2.75) is 39.5 Å². The van der Waals surface area contributed by atoms with Crippen LogP contribution in [-0.4, -0.2) is 4.57 Å². The third-order valence-electron chi connectivity index (χ3n) is 3.53. The van der Waals surface area contributed by atoms with Gasteiger partial charge in [-0.3, -0.25) is 9.36 Å². The molecule has 17 heavy (non-hydrogen) atoms. The second-order valence-electron chi connectivity index (χ2n) is 4.57. The van der Waals surface area contributed by atoms with E-state index in [0.717, 1.165) is 30.5 Å². The number of hydrogen-bond acceptors (Lipinski definition) is 1. The minimum Gasteiger partial charge on any atom is -0.284 e. The minimum atomic E-state index is 0.137. The molecule has 0 saturated heterocycles. The van der Waals surface area contributed by atoms with Crippen molar-refractivity contribution in [3.05, 3.63) is 52.0 Å². The first-order valence-corrected chi connectivity index (χ1v) is 6.22. The van der Waals surface area contributed by atoms with E-state index >= 15 is 0 Å². The second-order valence-corrected chi connectivity index (χ2v) is 4.57. The number of aromatic nitrogens is 1. The molecule has 2 rings (SSSR count). The van der Waals surface area contributed by atoms with E-state index in [9.17, 15) is 4.79 Å². The Morgan fingerprint density at radius 3 is 2.59 bits per heavy atom. The quantitative estimate of drug-likeness (QED) is 0.714. The van der Waals surface area contributed by atoms with Crippen LogP contribution in [-0.2, 0) is 12.8 Å². The highest BCUT2D eigenvalue weighted by Gasteiger charge is 2.17. The lowest BCUT2D eigenvalue weighted by atomic mass is 9.90. The fourth-order valence-corrected chi connectivity index (χ4v) is 2.60. The van der Waals surface area contributed by atoms with E-state index < -0.39 is 0 Å². The summed E-state index contributed by atoms with van der Waals surface area (Å²) in [5, 5.41) is 0. The third-order valence-corrected chi connectivity index (χ3v) is 3.53. The Balaban J connectivity index is 2.68. The lowest BCUT2D eigenvalue weighted by molar-refractivity contribution is 0.667. The first kappa shape index (κ1) is 11.9. The van der Waals surface area contributed by atoms with E-state index in [4.69, 9.17) is 0 Å². The maximum atomic E-state index is 12.4. The van der Waals surface area contributed by atoms with Gasteiger partial charge in [0.1, 0.15) is 0 Å². The highest BCUT2D eigenvalue weighted by Crippen LogP contribution is 2.22. The summed E-state index contributed by atoms with van der Waals surface area (Å²) in [6.45, 7) is 7.79. The van der Waals surface area contributed by atoms with E-state index in [2.05, 4.69) is 13.5 Å². The first-order valence-electron chi connectivity index (χ1n) is 6.22. The van der Waals surface area contributed by atoms with Gasteiger partial charge in [-0.2, -0.15) is 0 Å². The Bertz CT molecular complexity index is 535. The van der Waals surface area contributed by atoms with E-state index in [1.165, 1.54) is 17.5 Å². The fraction of sp³-hybridized carbons (Fsp3) is 0.400. The summed E-state index contributed by atoms with van der Waals surface area (Å²) in [4.78, 5) is 12.4. The van der Waals surface area contributed by atoms with Gasteiger partial charge in [-0.05, 0) is 56.7 Å². The topological polar surface area (TPSA) is 22.0 Å². The van der Waals surface area contributed by atoms with Gasteiger partial charge in [0.15, 0.2) is 0 Å². The zero-order valence-electron chi connectivity index (χ0n) is 10.6. The number of pyridine rings is 1. The van der Waals surface area contributed by atoms with E-state index in [-0.39, 0.29) is 5.56 Å². The Kier molecular flexibility index (Phi) is 3.32. The average molecular weight is 229 g/mol. The molecule has 2 nitrogen and oxygen atoms in total. The zero-order valence-corrected chi connectivity index (χ0v) is 10.6. The van der Waals surface area contributed by atoms with Crippen LogP contribution in [0.25, 0.3) is 5.70 Å². The summed E-state index contributed by atoms with van der Waals surface area (Å²) in [5.41, 5.74) is 4.51. The van der Waals surface area contributed by atoms with Crippen LogP contribution in [0.15, 0.2) is 29.7 Å². The van der Waals surface area contributed by atoms with Gasteiger partial charge < -0.3 is 0 Å². The summed E-state index contributed by atoms with van der Waals surface area (Å²) in [5.74, 6) is 0. The van der Waals surface area contributed by atoms with E-state index in [1.807, 2.05) is 19.2 Å². The highest BCUT2D eigenvalue weighted by atomic mass is 16.1. The lowest BCUT2D eigenvalue weighted by Gasteiger charge is -2.20. The van der Waals surface area contributed by atoms with Gasteiger partial charge in [0.25, 0.3) is 5.56 Å². The summed E-state index contributed by atoms with van der Waals surface area (Å²) >= 11 is 0. The lowest BCUT2D eigenvalue weighted by Crippen LogP contribution is -2.27. The summed E-state index contributed by atoms with van der Waals surface area (Å²) < 4.78 is 1.73. The number of rotatable bonds is 2. The van der Waals surface area contributed by atoms with Crippen LogP contribution >= 0.6 is 0 Å². The number of fused-ring (bicyclic) bond motifs is 1. The molecule has 0 bridgehead atoms. The van der Waals surface area contributed by atoms with Crippen LogP contribution in [0.3, 0.4) is 0 Å². The Labute approximate surface area is 102 Å². The van der Waals surface area contributed by atoms with Crippen LogP contribution in [0.2, 0.25) is 0 Å². The van der Waals surface area contributed by atoms with Crippen LogP contribution in [0.1, 0.15) is 36.5 Å². The van der Waals surface area contributed by atoms with Crippen molar-refractivity contribution < 1.29 is 0 Å². The van der Waals surface area contributed by atoms with Crippen LogP contribution < -0.4 is 5.56 Å². The summed E-state index contributed by atoms with van der Waals surface area (Å²) in [6.07, 6.45) is 9.91. The Hall–Kier alpha value is -1.57. The van der Waals surface area contributed by atoms with Crippen LogP contribution in [0, 0.1) is 6.92 Å². The highest BCUT2D eigenvalue weighted by molar-refractivity contribution is 5.57. The van der Waals surface area contributed by atoms with Crippen LogP contribution in [0.4, 0.5) is 0 Å². The Morgan fingerprint density at radius 1 is 1.35 bits per heavy atom. The number of hydrogen-bond donors (Lipinski definition) is 0. The van der Waals surface area contributed by atoms with Crippen molar-refractivity contribution in [1.29, 1.82) is 0 Å². The molecule has 90 valence electrons. The van der Waals surface area contributed by atoms with Gasteiger partial charge in [-0.25, -0.2) is 0 Å². The molecular formula is C15H19NO. The molecule has 1 aromatic rings. The molecule has 1 heterocycles. The summed E-state index contributed by atoms with van der Waals surface area (Å²) in [7, 11) is 0. The summed E-state index contributed by atoms with van der Waals surface area (Å²) in [6, 6.07) is 0. The Morgan fingerprint density at radius 2 is 2.00 bits per heavy atom. The molecule has 0 N–H and O–H groups in total. The van der Waals surface area contributed by atoms with Crippen molar-refractivity contribution in [3.63, 3.8) is 0 Å². The van der Waals surface area contributed by atoms with Crippen molar-refractivity contribution in [2.75, 3.05) is 0 Å². The molecule has 0 fully saturated rings. The van der Waals surface area contributed by atoms with Crippen molar-refractivity contribution >= 4 is 5.70 Å². The maximum absolute atomic E-state index is 12.4. The number of allylic oxidation sites excluding steroid dienone is 3. The molecule has 0 saturated carbocycles. The molecule has 0 atom stereocenters. The molecule has 0 amide bonds. The zero-order chi connectivity index (χ0) is 12.4. The van der Waals surface area contributed by atoms with Gasteiger partial charge in [-0.1, -0.05) is 12.7 Å². The van der Waals surface area contributed by atoms with Crippen molar-refractivity contribution in [1.82, 2.24) is 4.57 Å². The molecule has 2 heteroatoms. The SMILES string of the molecule is C=CC(=CC)n1cc(C)c2c(c1=O)CCCC2. The molecular weight excluding hydrogens is 210 g/mol. The fourth-order valence-electron chi connectivity index (χ4n) is 2.60. The number of aryl methyl sites for hydroxylation is 1. The first-order chi connectivity index (χ1) is 8.19. The molecule has 0 unspecified atom stereocenters. The second kappa shape index (κ2) is 4.74.